The number of rotatable bonds is 5. The van der Waals surface area contributed by atoms with Gasteiger partial charge < -0.3 is 19.1 Å². The number of hydrogen-bond donors (Lipinski definition) is 0. The van der Waals surface area contributed by atoms with Crippen LogP contribution >= 0.6 is 0 Å². The number of nitrogens with zero attached hydrogens (tertiary/aromatic N) is 1. The molecule has 158 valence electrons. The Kier molecular flexibility index (Phi) is 5.48. The first-order valence-electron chi connectivity index (χ1n) is 10.8. The molecule has 3 aromatic carbocycles. The second-order valence-electron chi connectivity index (χ2n) is 7.83. The van der Waals surface area contributed by atoms with Crippen LogP contribution in [-0.2, 0) is 4.79 Å². The standard InChI is InChI=1S/C26H25NO4/c28-26(18-31-22-11-8-20(9-12-22)19-5-2-1-3-6-19)27-14-4-7-23(27)21-10-13-24-25(17-21)30-16-15-29-24/h1-3,5-6,8-13,17,23H,4,7,14-16,18H2/t23-/m1/s1. The molecule has 1 amide bonds. The Hall–Kier alpha value is -3.47. The average molecular weight is 415 g/mol. The summed E-state index contributed by atoms with van der Waals surface area (Å²) in [6.45, 7) is 1.91. The van der Waals surface area contributed by atoms with Crippen molar-refractivity contribution in [1.82, 2.24) is 4.90 Å². The Morgan fingerprint density at radius 3 is 2.45 bits per heavy atom. The van der Waals surface area contributed by atoms with Gasteiger partial charge in [-0.15, -0.1) is 0 Å². The fraction of sp³-hybridized carbons (Fsp3) is 0.269. The molecule has 2 heterocycles. The van der Waals surface area contributed by atoms with Crippen LogP contribution in [0, 0.1) is 0 Å². The third-order valence-corrected chi connectivity index (χ3v) is 5.85. The van der Waals surface area contributed by atoms with Gasteiger partial charge in [0.15, 0.2) is 18.1 Å². The van der Waals surface area contributed by atoms with E-state index in [9.17, 15) is 4.79 Å². The highest BCUT2D eigenvalue weighted by Crippen LogP contribution is 2.38. The quantitative estimate of drug-likeness (QED) is 0.597. The van der Waals surface area contributed by atoms with Crippen molar-refractivity contribution >= 4 is 5.91 Å². The van der Waals surface area contributed by atoms with E-state index in [1.54, 1.807) is 0 Å². The largest absolute Gasteiger partial charge is 0.486 e. The van der Waals surface area contributed by atoms with E-state index in [-0.39, 0.29) is 18.6 Å². The topological polar surface area (TPSA) is 48.0 Å². The summed E-state index contributed by atoms with van der Waals surface area (Å²) in [5, 5.41) is 0. The molecule has 0 N–H and O–H groups in total. The fourth-order valence-corrected chi connectivity index (χ4v) is 4.28. The molecule has 0 bridgehead atoms. The molecule has 0 saturated carbocycles. The van der Waals surface area contributed by atoms with Gasteiger partial charge in [-0.3, -0.25) is 4.79 Å². The van der Waals surface area contributed by atoms with Crippen molar-refractivity contribution in [3.05, 3.63) is 78.4 Å². The van der Waals surface area contributed by atoms with Gasteiger partial charge in [0.1, 0.15) is 19.0 Å². The number of carbonyl (C=O) groups is 1. The second kappa shape index (κ2) is 8.72. The number of hydrogen-bond acceptors (Lipinski definition) is 4. The molecule has 3 aromatic rings. The van der Waals surface area contributed by atoms with E-state index in [0.29, 0.717) is 19.0 Å². The molecule has 5 rings (SSSR count). The minimum Gasteiger partial charge on any atom is -0.486 e. The minimum absolute atomic E-state index is 0.00419. The van der Waals surface area contributed by atoms with Crippen LogP contribution in [0.1, 0.15) is 24.4 Å². The minimum atomic E-state index is 0.00419. The average Bonchev–Trinajstić information content (AvgIpc) is 3.33. The van der Waals surface area contributed by atoms with E-state index in [1.807, 2.05) is 65.6 Å². The number of fused-ring (bicyclic) bond motifs is 1. The molecular formula is C26H25NO4. The summed E-state index contributed by atoms with van der Waals surface area (Å²) in [6.07, 6.45) is 1.92. The zero-order valence-electron chi connectivity index (χ0n) is 17.3. The molecule has 0 aromatic heterocycles. The summed E-state index contributed by atoms with van der Waals surface area (Å²) in [5.74, 6) is 2.23. The first kappa shape index (κ1) is 19.5. The van der Waals surface area contributed by atoms with Crippen molar-refractivity contribution in [1.29, 1.82) is 0 Å². The first-order valence-corrected chi connectivity index (χ1v) is 10.8. The van der Waals surface area contributed by atoms with Crippen LogP contribution in [-0.4, -0.2) is 37.2 Å². The number of benzene rings is 3. The molecule has 5 heteroatoms. The van der Waals surface area contributed by atoms with Crippen molar-refractivity contribution in [2.75, 3.05) is 26.4 Å². The zero-order valence-corrected chi connectivity index (χ0v) is 17.3. The summed E-state index contributed by atoms with van der Waals surface area (Å²) < 4.78 is 17.1. The van der Waals surface area contributed by atoms with E-state index in [0.717, 1.165) is 47.6 Å². The van der Waals surface area contributed by atoms with Crippen molar-refractivity contribution in [3.8, 4) is 28.4 Å². The van der Waals surface area contributed by atoms with E-state index < -0.39 is 0 Å². The van der Waals surface area contributed by atoms with Crippen LogP contribution in [0.3, 0.4) is 0 Å². The lowest BCUT2D eigenvalue weighted by atomic mass is 10.0. The highest BCUT2D eigenvalue weighted by Gasteiger charge is 2.31. The molecule has 1 saturated heterocycles. The molecule has 0 spiro atoms. The number of likely N-dealkylation sites (tertiary alicyclic amines) is 1. The maximum Gasteiger partial charge on any atom is 0.261 e. The summed E-state index contributed by atoms with van der Waals surface area (Å²) >= 11 is 0. The maximum atomic E-state index is 12.9. The van der Waals surface area contributed by atoms with E-state index >= 15 is 0 Å². The Labute approximate surface area is 182 Å². The lowest BCUT2D eigenvalue weighted by Gasteiger charge is -2.26. The molecule has 31 heavy (non-hydrogen) atoms. The lowest BCUT2D eigenvalue weighted by molar-refractivity contribution is -0.134. The van der Waals surface area contributed by atoms with Gasteiger partial charge in [-0.1, -0.05) is 48.5 Å². The van der Waals surface area contributed by atoms with E-state index in [2.05, 4.69) is 12.1 Å². The predicted octanol–water partition coefficient (Wildman–Crippen LogP) is 4.87. The molecule has 1 atom stereocenters. The van der Waals surface area contributed by atoms with Crippen molar-refractivity contribution in [3.63, 3.8) is 0 Å². The third-order valence-electron chi connectivity index (χ3n) is 5.85. The van der Waals surface area contributed by atoms with Crippen LogP contribution in [0.15, 0.2) is 72.8 Å². The monoisotopic (exact) mass is 415 g/mol. The van der Waals surface area contributed by atoms with Crippen molar-refractivity contribution in [2.45, 2.75) is 18.9 Å². The van der Waals surface area contributed by atoms with Gasteiger partial charge in [0.2, 0.25) is 0 Å². The van der Waals surface area contributed by atoms with E-state index in [1.165, 1.54) is 0 Å². The number of ether oxygens (including phenoxy) is 3. The summed E-state index contributed by atoms with van der Waals surface area (Å²) in [6, 6.07) is 24.1. The van der Waals surface area contributed by atoms with Crippen molar-refractivity contribution < 1.29 is 19.0 Å². The van der Waals surface area contributed by atoms with Crippen LogP contribution < -0.4 is 14.2 Å². The van der Waals surface area contributed by atoms with Crippen LogP contribution in [0.5, 0.6) is 17.2 Å². The number of amides is 1. The van der Waals surface area contributed by atoms with Crippen LogP contribution in [0.25, 0.3) is 11.1 Å². The Morgan fingerprint density at radius 2 is 1.65 bits per heavy atom. The second-order valence-corrected chi connectivity index (χ2v) is 7.83. The van der Waals surface area contributed by atoms with Gasteiger partial charge >= 0.3 is 0 Å². The summed E-state index contributed by atoms with van der Waals surface area (Å²) in [4.78, 5) is 14.8. The Morgan fingerprint density at radius 1 is 0.903 bits per heavy atom. The maximum absolute atomic E-state index is 12.9. The summed E-state index contributed by atoms with van der Waals surface area (Å²) in [7, 11) is 0. The SMILES string of the molecule is O=C(COc1ccc(-c2ccccc2)cc1)N1CCC[C@@H]1c1ccc2c(c1)OCCO2. The summed E-state index contributed by atoms with van der Waals surface area (Å²) in [5.41, 5.74) is 3.37. The van der Waals surface area contributed by atoms with Crippen molar-refractivity contribution in [2.24, 2.45) is 0 Å². The predicted molar refractivity (Wildman–Crippen MR) is 118 cm³/mol. The molecule has 1 fully saturated rings. The smallest absolute Gasteiger partial charge is 0.261 e. The van der Waals surface area contributed by atoms with Gasteiger partial charge in [-0.25, -0.2) is 0 Å². The zero-order chi connectivity index (χ0) is 21.0. The molecule has 0 unspecified atom stereocenters. The van der Waals surface area contributed by atoms with Gasteiger partial charge in [0.25, 0.3) is 5.91 Å². The van der Waals surface area contributed by atoms with Gasteiger partial charge in [0.05, 0.1) is 6.04 Å². The number of carbonyl (C=O) groups excluding carboxylic acids is 1. The molecule has 2 aliphatic heterocycles. The van der Waals surface area contributed by atoms with E-state index in [4.69, 9.17) is 14.2 Å². The van der Waals surface area contributed by atoms with Crippen LogP contribution in [0.2, 0.25) is 0 Å². The first-order chi connectivity index (χ1) is 15.3. The van der Waals surface area contributed by atoms with Gasteiger partial charge in [0, 0.05) is 6.54 Å². The fourth-order valence-electron chi connectivity index (χ4n) is 4.28. The third kappa shape index (κ3) is 4.22. The Bertz CT molecular complexity index is 1050. The molecule has 0 radical (unpaired) electrons. The highest BCUT2D eigenvalue weighted by molar-refractivity contribution is 5.78. The van der Waals surface area contributed by atoms with Gasteiger partial charge in [-0.05, 0) is 53.8 Å². The normalized spacial score (nSPS) is 17.4. The molecule has 0 aliphatic carbocycles. The molecular weight excluding hydrogens is 390 g/mol. The Balaban J connectivity index is 1.23. The lowest BCUT2D eigenvalue weighted by Crippen LogP contribution is -2.34. The van der Waals surface area contributed by atoms with Crippen LogP contribution in [0.4, 0.5) is 0 Å². The van der Waals surface area contributed by atoms with Gasteiger partial charge in [-0.2, -0.15) is 0 Å². The highest BCUT2D eigenvalue weighted by atomic mass is 16.6. The molecule has 2 aliphatic rings. The molecule has 5 nitrogen and oxygen atoms in total.